The van der Waals surface area contributed by atoms with Gasteiger partial charge in [0.15, 0.2) is 0 Å². The molecule has 0 aromatic rings. The van der Waals surface area contributed by atoms with Crippen molar-refractivity contribution in [1.29, 1.82) is 0 Å². The average Bonchev–Trinajstić information content (AvgIpc) is 2.66. The summed E-state index contributed by atoms with van der Waals surface area (Å²) in [6.45, 7) is 3.59. The predicted octanol–water partition coefficient (Wildman–Crippen LogP) is 1.51. The third-order valence-electron chi connectivity index (χ3n) is 3.95. The molecule has 2 aliphatic rings. The Hall–Kier alpha value is 0.160. The summed E-state index contributed by atoms with van der Waals surface area (Å²) < 4.78 is 26.3. The van der Waals surface area contributed by atoms with Crippen LogP contribution in [0.3, 0.4) is 0 Å². The maximum atomic E-state index is 12.3. The van der Waals surface area contributed by atoms with E-state index < -0.39 is 10.0 Å². The predicted molar refractivity (Wildman–Crippen MR) is 74.5 cm³/mol. The Labute approximate surface area is 115 Å². The lowest BCUT2D eigenvalue weighted by Crippen LogP contribution is -2.40. The molecule has 4 nitrogen and oxygen atoms in total. The minimum atomic E-state index is -3.07. The molecule has 0 spiro atoms. The fraction of sp³-hybridized carbons (Fsp3) is 1.00. The summed E-state index contributed by atoms with van der Waals surface area (Å²) in [6, 6.07) is 0.454. The van der Waals surface area contributed by atoms with Crippen LogP contribution in [0.1, 0.15) is 32.1 Å². The highest BCUT2D eigenvalue weighted by atomic mass is 35.5. The molecule has 1 unspecified atom stereocenters. The third kappa shape index (κ3) is 3.59. The topological polar surface area (TPSA) is 40.6 Å². The molecule has 0 bridgehead atoms. The van der Waals surface area contributed by atoms with Gasteiger partial charge in [-0.1, -0.05) is 0 Å². The van der Waals surface area contributed by atoms with Crippen LogP contribution in [0.25, 0.3) is 0 Å². The molecule has 0 amide bonds. The van der Waals surface area contributed by atoms with Crippen LogP contribution < -0.4 is 0 Å². The zero-order valence-electron chi connectivity index (χ0n) is 10.9. The molecular weight excluding hydrogens is 272 g/mol. The van der Waals surface area contributed by atoms with Crippen molar-refractivity contribution in [2.24, 2.45) is 0 Å². The Bertz CT molecular complexity index is 361. The highest BCUT2D eigenvalue weighted by Gasteiger charge is 2.33. The molecular formula is C12H23ClN2O2S. The van der Waals surface area contributed by atoms with Crippen molar-refractivity contribution in [1.82, 2.24) is 9.21 Å². The maximum Gasteiger partial charge on any atom is 0.214 e. The van der Waals surface area contributed by atoms with Gasteiger partial charge in [0.1, 0.15) is 0 Å². The first-order valence-corrected chi connectivity index (χ1v) is 9.06. The van der Waals surface area contributed by atoms with Gasteiger partial charge in [0, 0.05) is 25.0 Å². The number of rotatable bonds is 5. The van der Waals surface area contributed by atoms with Gasteiger partial charge in [-0.25, -0.2) is 12.7 Å². The van der Waals surface area contributed by atoms with Crippen molar-refractivity contribution >= 4 is 21.6 Å². The van der Waals surface area contributed by atoms with E-state index in [2.05, 4.69) is 4.90 Å². The number of halogens is 1. The molecule has 0 aromatic heterocycles. The van der Waals surface area contributed by atoms with Crippen LogP contribution in [0.5, 0.6) is 0 Å². The van der Waals surface area contributed by atoms with E-state index in [1.807, 2.05) is 0 Å². The molecule has 0 saturated carbocycles. The van der Waals surface area contributed by atoms with Gasteiger partial charge >= 0.3 is 0 Å². The van der Waals surface area contributed by atoms with Crippen LogP contribution in [0, 0.1) is 0 Å². The summed E-state index contributed by atoms with van der Waals surface area (Å²) in [5.41, 5.74) is 0. The van der Waals surface area contributed by atoms with Crippen LogP contribution in [0.15, 0.2) is 0 Å². The zero-order valence-corrected chi connectivity index (χ0v) is 12.4. The standard InChI is InChI=1S/C12H23ClN2O2S/c13-6-1-2-10-18(16,17)15-9-4-8-14-7-3-5-12(14)11-15/h12H,1-11H2. The monoisotopic (exact) mass is 294 g/mol. The van der Waals surface area contributed by atoms with Crippen molar-refractivity contribution < 1.29 is 8.42 Å². The fourth-order valence-corrected chi connectivity index (χ4v) is 4.76. The summed E-state index contributed by atoms with van der Waals surface area (Å²) in [6.07, 6.45) is 4.78. The van der Waals surface area contributed by atoms with Gasteiger partial charge in [-0.3, -0.25) is 4.90 Å². The van der Waals surface area contributed by atoms with Crippen LogP contribution in [0.4, 0.5) is 0 Å². The lowest BCUT2D eigenvalue weighted by Gasteiger charge is -2.25. The molecule has 2 saturated heterocycles. The summed E-state index contributed by atoms with van der Waals surface area (Å²) >= 11 is 5.60. The minimum absolute atomic E-state index is 0.256. The van der Waals surface area contributed by atoms with Crippen LogP contribution in [-0.4, -0.2) is 61.5 Å². The van der Waals surface area contributed by atoms with Crippen molar-refractivity contribution in [3.8, 4) is 0 Å². The summed E-state index contributed by atoms with van der Waals surface area (Å²) in [4.78, 5) is 2.45. The van der Waals surface area contributed by atoms with Crippen molar-refractivity contribution in [3.63, 3.8) is 0 Å². The molecule has 2 heterocycles. The van der Waals surface area contributed by atoms with Gasteiger partial charge in [0.2, 0.25) is 10.0 Å². The molecule has 0 aromatic carbocycles. The first-order valence-electron chi connectivity index (χ1n) is 6.91. The lowest BCUT2D eigenvalue weighted by molar-refractivity contribution is 0.257. The summed E-state index contributed by atoms with van der Waals surface area (Å²) in [7, 11) is -3.07. The second kappa shape index (κ2) is 6.55. The van der Waals surface area contributed by atoms with Gasteiger partial charge in [0.05, 0.1) is 5.75 Å². The number of unbranched alkanes of at least 4 members (excludes halogenated alkanes) is 1. The molecule has 106 valence electrons. The first-order chi connectivity index (χ1) is 8.63. The molecule has 0 aliphatic carbocycles. The van der Waals surface area contributed by atoms with Crippen molar-refractivity contribution in [2.45, 2.75) is 38.1 Å². The summed E-state index contributed by atoms with van der Waals surface area (Å²) in [5, 5.41) is 0. The number of sulfonamides is 1. The third-order valence-corrected chi connectivity index (χ3v) is 6.14. The zero-order chi connectivity index (χ0) is 13.0. The number of nitrogens with zero attached hydrogens (tertiary/aromatic N) is 2. The number of hydrogen-bond donors (Lipinski definition) is 0. The molecule has 2 rings (SSSR count). The van der Waals surface area contributed by atoms with Gasteiger partial charge in [-0.2, -0.15) is 0 Å². The minimum Gasteiger partial charge on any atom is -0.299 e. The number of alkyl halides is 1. The fourth-order valence-electron chi connectivity index (χ4n) is 2.93. The SMILES string of the molecule is O=S(=O)(CCCCCl)N1CCCN2CCCC2C1. The first kappa shape index (κ1) is 14.6. The van der Waals surface area contributed by atoms with Gasteiger partial charge < -0.3 is 0 Å². The van der Waals surface area contributed by atoms with Gasteiger partial charge in [0.25, 0.3) is 0 Å². The Kier molecular flexibility index (Phi) is 5.30. The number of fused-ring (bicyclic) bond motifs is 1. The Morgan fingerprint density at radius 3 is 2.67 bits per heavy atom. The van der Waals surface area contributed by atoms with E-state index in [-0.39, 0.29) is 5.75 Å². The van der Waals surface area contributed by atoms with E-state index in [4.69, 9.17) is 11.6 Å². The average molecular weight is 295 g/mol. The van der Waals surface area contributed by atoms with Crippen LogP contribution >= 0.6 is 11.6 Å². The maximum absolute atomic E-state index is 12.3. The Morgan fingerprint density at radius 2 is 1.89 bits per heavy atom. The molecule has 2 fully saturated rings. The molecule has 18 heavy (non-hydrogen) atoms. The van der Waals surface area contributed by atoms with Crippen LogP contribution in [-0.2, 0) is 10.0 Å². The summed E-state index contributed by atoms with van der Waals surface area (Å²) in [5.74, 6) is 0.804. The molecule has 0 N–H and O–H groups in total. The van der Waals surface area contributed by atoms with E-state index >= 15 is 0 Å². The molecule has 2 aliphatic heterocycles. The van der Waals surface area contributed by atoms with E-state index in [0.717, 1.165) is 32.4 Å². The van der Waals surface area contributed by atoms with E-state index in [1.165, 1.54) is 6.42 Å². The molecule has 6 heteroatoms. The van der Waals surface area contributed by atoms with Gasteiger partial charge in [-0.15, -0.1) is 11.6 Å². The molecule has 0 radical (unpaired) electrons. The quantitative estimate of drug-likeness (QED) is 0.570. The Balaban J connectivity index is 1.94. The normalized spacial score (nSPS) is 27.1. The lowest BCUT2D eigenvalue weighted by atomic mass is 10.2. The highest BCUT2D eigenvalue weighted by molar-refractivity contribution is 7.89. The van der Waals surface area contributed by atoms with Gasteiger partial charge in [-0.05, 0) is 45.2 Å². The van der Waals surface area contributed by atoms with Crippen LogP contribution in [0.2, 0.25) is 0 Å². The van der Waals surface area contributed by atoms with E-state index in [9.17, 15) is 8.42 Å². The second-order valence-corrected chi connectivity index (χ2v) is 7.72. The van der Waals surface area contributed by atoms with E-state index in [0.29, 0.717) is 31.4 Å². The van der Waals surface area contributed by atoms with Crippen molar-refractivity contribution in [2.75, 3.05) is 37.8 Å². The largest absolute Gasteiger partial charge is 0.299 e. The molecule has 1 atom stereocenters. The Morgan fingerprint density at radius 1 is 1.11 bits per heavy atom. The van der Waals surface area contributed by atoms with E-state index in [1.54, 1.807) is 4.31 Å². The number of hydrogen-bond acceptors (Lipinski definition) is 3. The van der Waals surface area contributed by atoms with Crippen molar-refractivity contribution in [3.05, 3.63) is 0 Å². The second-order valence-electron chi connectivity index (χ2n) is 5.26. The smallest absolute Gasteiger partial charge is 0.214 e. The highest BCUT2D eigenvalue weighted by Crippen LogP contribution is 2.23.